The number of hydrogen-bond acceptors (Lipinski definition) is 6. The predicted octanol–water partition coefficient (Wildman–Crippen LogP) is 0.386. The van der Waals surface area contributed by atoms with Crippen molar-refractivity contribution >= 4 is 23.2 Å². The Balaban J connectivity index is 1.68. The normalized spacial score (nSPS) is 20.6. The Morgan fingerprint density at radius 1 is 1.44 bits per heavy atom. The van der Waals surface area contributed by atoms with E-state index in [0.717, 1.165) is 5.01 Å². The Labute approximate surface area is 150 Å². The first-order valence-electron chi connectivity index (χ1n) is 8.25. The highest BCUT2D eigenvalue weighted by Gasteiger charge is 2.37. The van der Waals surface area contributed by atoms with Crippen LogP contribution in [0.1, 0.15) is 28.8 Å². The Morgan fingerprint density at radius 2 is 2.28 bits per heavy atom. The highest BCUT2D eigenvalue weighted by Crippen LogP contribution is 2.22. The molecular weight excluding hydrogens is 340 g/mol. The van der Waals surface area contributed by atoms with E-state index in [0.29, 0.717) is 31.7 Å². The average molecular weight is 362 g/mol. The van der Waals surface area contributed by atoms with Crippen molar-refractivity contribution in [3.8, 4) is 0 Å². The second-order valence-electron chi connectivity index (χ2n) is 6.06. The van der Waals surface area contributed by atoms with Crippen molar-refractivity contribution in [3.05, 3.63) is 34.8 Å². The van der Waals surface area contributed by atoms with E-state index in [1.54, 1.807) is 41.7 Å². The number of rotatable bonds is 6. The number of likely N-dealkylation sites (tertiary alicyclic amines) is 1. The summed E-state index contributed by atoms with van der Waals surface area (Å²) in [5, 5.41) is 8.79. The molecule has 0 unspecified atom stereocenters. The van der Waals surface area contributed by atoms with Crippen LogP contribution in [0.15, 0.2) is 24.1 Å². The van der Waals surface area contributed by atoms with Crippen LogP contribution in [0.4, 0.5) is 0 Å². The topological polar surface area (TPSA) is 92.2 Å². The maximum atomic E-state index is 12.4. The number of aryl methyl sites for hydroxylation is 1. The van der Waals surface area contributed by atoms with E-state index in [1.807, 2.05) is 12.3 Å². The molecule has 0 aromatic carbocycles. The van der Waals surface area contributed by atoms with Crippen LogP contribution in [0, 0.1) is 0 Å². The van der Waals surface area contributed by atoms with Gasteiger partial charge in [0.15, 0.2) is 0 Å². The van der Waals surface area contributed by atoms with Crippen molar-refractivity contribution < 1.29 is 9.59 Å². The Hall–Kier alpha value is -2.26. The molecule has 2 aromatic heterocycles. The van der Waals surface area contributed by atoms with E-state index in [-0.39, 0.29) is 23.9 Å². The zero-order chi connectivity index (χ0) is 17.8. The largest absolute Gasteiger partial charge is 0.355 e. The molecule has 2 N–H and O–H groups in total. The van der Waals surface area contributed by atoms with Gasteiger partial charge in [0.05, 0.1) is 25.1 Å². The number of imidazole rings is 1. The van der Waals surface area contributed by atoms with E-state index >= 15 is 0 Å². The number of amides is 2. The quantitative estimate of drug-likeness (QED) is 0.775. The minimum atomic E-state index is -0.263. The number of aromatic nitrogens is 3. The maximum Gasteiger partial charge on any atom is 0.269 e. The van der Waals surface area contributed by atoms with Crippen LogP contribution >= 0.6 is 11.3 Å². The number of thiazole rings is 1. The first kappa shape index (κ1) is 17.6. The summed E-state index contributed by atoms with van der Waals surface area (Å²) in [5.74, 6) is -0.174. The fraction of sp³-hybridized carbons (Fsp3) is 0.500. The third-order valence-corrected chi connectivity index (χ3v) is 5.03. The van der Waals surface area contributed by atoms with Gasteiger partial charge in [-0.25, -0.2) is 9.97 Å². The number of nitrogens with zero attached hydrogens (tertiary/aromatic N) is 4. The molecule has 3 heterocycles. The summed E-state index contributed by atoms with van der Waals surface area (Å²) in [6.45, 7) is 3.72. The van der Waals surface area contributed by atoms with Gasteiger partial charge in [-0.1, -0.05) is 0 Å². The van der Waals surface area contributed by atoms with Crippen LogP contribution in [0.3, 0.4) is 0 Å². The molecule has 9 heteroatoms. The van der Waals surface area contributed by atoms with Crippen LogP contribution in [0.25, 0.3) is 0 Å². The summed E-state index contributed by atoms with van der Waals surface area (Å²) in [6.07, 6.45) is 5.48. The molecule has 0 saturated carbocycles. The highest BCUT2D eigenvalue weighted by atomic mass is 32.1. The molecule has 8 nitrogen and oxygen atoms in total. The van der Waals surface area contributed by atoms with Crippen LogP contribution < -0.4 is 10.6 Å². The van der Waals surface area contributed by atoms with E-state index in [4.69, 9.17) is 0 Å². The van der Waals surface area contributed by atoms with Gasteiger partial charge in [0.2, 0.25) is 5.91 Å². The predicted molar refractivity (Wildman–Crippen MR) is 94.1 cm³/mol. The summed E-state index contributed by atoms with van der Waals surface area (Å²) in [6, 6.07) is -0.351. The molecule has 0 radical (unpaired) electrons. The van der Waals surface area contributed by atoms with Crippen molar-refractivity contribution in [1.82, 2.24) is 30.1 Å². The molecule has 1 saturated heterocycles. The lowest BCUT2D eigenvalue weighted by molar-refractivity contribution is -0.125. The van der Waals surface area contributed by atoms with Crippen molar-refractivity contribution in [2.24, 2.45) is 7.05 Å². The standard InChI is InChI=1S/C16H22N6O2S/c1-3-18-15(23)12-6-11(8-22(12)9-14-19-4-5-25-14)20-16(24)13-7-17-10-21(13)2/h4-5,7,10-12H,3,6,8-9H2,1-2H3,(H,18,23)(H,20,24)/t11-,12-/m0/s1. The second kappa shape index (κ2) is 7.75. The van der Waals surface area contributed by atoms with Gasteiger partial charge in [0, 0.05) is 37.8 Å². The summed E-state index contributed by atoms with van der Waals surface area (Å²) in [5.41, 5.74) is 0.507. The monoisotopic (exact) mass is 362 g/mol. The van der Waals surface area contributed by atoms with Crippen molar-refractivity contribution in [2.75, 3.05) is 13.1 Å². The third-order valence-electron chi connectivity index (χ3n) is 4.26. The van der Waals surface area contributed by atoms with Gasteiger partial charge in [-0.2, -0.15) is 0 Å². The van der Waals surface area contributed by atoms with Gasteiger partial charge < -0.3 is 15.2 Å². The lowest BCUT2D eigenvalue weighted by atomic mass is 10.1. The number of hydrogen-bond donors (Lipinski definition) is 2. The van der Waals surface area contributed by atoms with Gasteiger partial charge >= 0.3 is 0 Å². The molecule has 134 valence electrons. The summed E-state index contributed by atoms with van der Waals surface area (Å²) in [4.78, 5) is 35.2. The fourth-order valence-electron chi connectivity index (χ4n) is 3.09. The van der Waals surface area contributed by atoms with Crippen LogP contribution in [0.5, 0.6) is 0 Å². The average Bonchev–Trinajstić information content (AvgIpc) is 3.29. The highest BCUT2D eigenvalue weighted by molar-refractivity contribution is 7.09. The summed E-state index contributed by atoms with van der Waals surface area (Å²) >= 11 is 1.57. The molecule has 2 amide bonds. The minimum Gasteiger partial charge on any atom is -0.355 e. The molecular formula is C16H22N6O2S. The molecule has 1 aliphatic heterocycles. The second-order valence-corrected chi connectivity index (χ2v) is 7.04. The van der Waals surface area contributed by atoms with Crippen LogP contribution in [-0.4, -0.2) is 56.4 Å². The van der Waals surface area contributed by atoms with Gasteiger partial charge in [0.25, 0.3) is 5.91 Å². The number of carbonyl (C=O) groups excluding carboxylic acids is 2. The van der Waals surface area contributed by atoms with Crippen molar-refractivity contribution in [1.29, 1.82) is 0 Å². The van der Waals surface area contributed by atoms with Crippen LogP contribution in [-0.2, 0) is 18.4 Å². The van der Waals surface area contributed by atoms with E-state index < -0.39 is 0 Å². The molecule has 1 fully saturated rings. The molecule has 1 aliphatic rings. The Kier molecular flexibility index (Phi) is 5.44. The van der Waals surface area contributed by atoms with Crippen molar-refractivity contribution in [2.45, 2.75) is 32.0 Å². The summed E-state index contributed by atoms with van der Waals surface area (Å²) in [7, 11) is 1.78. The van der Waals surface area contributed by atoms with Gasteiger partial charge in [-0.3, -0.25) is 14.5 Å². The lowest BCUT2D eigenvalue weighted by Gasteiger charge is -2.22. The molecule has 3 rings (SSSR count). The first-order chi connectivity index (χ1) is 12.1. The zero-order valence-electron chi connectivity index (χ0n) is 14.3. The Bertz CT molecular complexity index is 729. The molecule has 0 aliphatic carbocycles. The molecule has 0 spiro atoms. The molecule has 2 atom stereocenters. The molecule has 0 bridgehead atoms. The first-order valence-corrected chi connectivity index (χ1v) is 9.13. The van der Waals surface area contributed by atoms with Crippen LogP contribution in [0.2, 0.25) is 0 Å². The van der Waals surface area contributed by atoms with Gasteiger partial charge in [-0.15, -0.1) is 11.3 Å². The lowest BCUT2D eigenvalue weighted by Crippen LogP contribution is -2.42. The SMILES string of the molecule is CCNC(=O)[C@@H]1C[C@H](NC(=O)c2cncn2C)CN1Cc1nccs1. The zero-order valence-corrected chi connectivity index (χ0v) is 15.1. The third kappa shape index (κ3) is 4.05. The van der Waals surface area contributed by atoms with Gasteiger partial charge in [0.1, 0.15) is 10.7 Å². The molecule has 25 heavy (non-hydrogen) atoms. The number of nitrogens with one attached hydrogen (secondary N) is 2. The molecule has 2 aromatic rings. The fourth-order valence-corrected chi connectivity index (χ4v) is 3.73. The Morgan fingerprint density at radius 3 is 2.92 bits per heavy atom. The van der Waals surface area contributed by atoms with E-state index in [2.05, 4.69) is 25.5 Å². The van der Waals surface area contributed by atoms with Gasteiger partial charge in [-0.05, 0) is 13.3 Å². The smallest absolute Gasteiger partial charge is 0.269 e. The number of carbonyl (C=O) groups is 2. The van der Waals surface area contributed by atoms with E-state index in [1.165, 1.54) is 0 Å². The number of likely N-dealkylation sites (N-methyl/N-ethyl adjacent to an activating group) is 1. The minimum absolute atomic E-state index is 0.00339. The maximum absolute atomic E-state index is 12.4. The summed E-state index contributed by atoms with van der Waals surface area (Å²) < 4.78 is 1.68. The van der Waals surface area contributed by atoms with E-state index in [9.17, 15) is 9.59 Å². The van der Waals surface area contributed by atoms with Crippen molar-refractivity contribution in [3.63, 3.8) is 0 Å².